The second-order valence-electron chi connectivity index (χ2n) is 4.19. The number of hydrogen-bond donors (Lipinski definition) is 1. The van der Waals surface area contributed by atoms with E-state index in [4.69, 9.17) is 21.9 Å². The molecule has 2 rings (SSSR count). The van der Waals surface area contributed by atoms with Gasteiger partial charge in [-0.3, -0.25) is 4.98 Å². The summed E-state index contributed by atoms with van der Waals surface area (Å²) in [5, 5.41) is 4.49. The molecule has 2 N–H and O–H groups in total. The maximum absolute atomic E-state index is 5.89. The van der Waals surface area contributed by atoms with E-state index in [9.17, 15) is 0 Å². The Hall–Kier alpha value is -1.46. The summed E-state index contributed by atoms with van der Waals surface area (Å²) in [6.07, 6.45) is 2.41. The van der Waals surface area contributed by atoms with Gasteiger partial charge < -0.3 is 10.3 Å². The first-order chi connectivity index (χ1) is 8.61. The normalized spacial score (nSPS) is 14.4. The fourth-order valence-corrected chi connectivity index (χ4v) is 1.88. The van der Waals surface area contributed by atoms with Crippen LogP contribution in [0.2, 0.25) is 5.02 Å². The second-order valence-corrected chi connectivity index (χ2v) is 4.63. The lowest BCUT2D eigenvalue weighted by atomic mass is 9.99. The van der Waals surface area contributed by atoms with Gasteiger partial charge in [0.1, 0.15) is 5.69 Å². The molecule has 0 aliphatic rings. The Morgan fingerprint density at radius 2 is 2.22 bits per heavy atom. The third kappa shape index (κ3) is 2.68. The van der Waals surface area contributed by atoms with E-state index in [1.54, 1.807) is 18.3 Å². The van der Waals surface area contributed by atoms with Gasteiger partial charge in [-0.15, -0.1) is 0 Å². The Morgan fingerprint density at radius 3 is 2.78 bits per heavy atom. The average molecular weight is 267 g/mol. The minimum Gasteiger partial charge on any atom is -0.339 e. The minimum absolute atomic E-state index is 0.0264. The zero-order chi connectivity index (χ0) is 13.1. The van der Waals surface area contributed by atoms with E-state index < -0.39 is 0 Å². The molecule has 0 amide bonds. The molecule has 5 nitrogen and oxygen atoms in total. The summed E-state index contributed by atoms with van der Waals surface area (Å²) < 4.78 is 5.25. The van der Waals surface area contributed by atoms with Crippen LogP contribution in [0.25, 0.3) is 11.5 Å². The van der Waals surface area contributed by atoms with Crippen LogP contribution in [0.3, 0.4) is 0 Å². The highest BCUT2D eigenvalue weighted by Gasteiger charge is 2.21. The Balaban J connectivity index is 2.27. The van der Waals surface area contributed by atoms with Crippen molar-refractivity contribution in [2.45, 2.75) is 32.2 Å². The van der Waals surface area contributed by atoms with Gasteiger partial charge in [-0.1, -0.05) is 23.7 Å². The van der Waals surface area contributed by atoms with E-state index in [-0.39, 0.29) is 12.0 Å². The fourth-order valence-electron chi connectivity index (χ4n) is 1.77. The highest BCUT2D eigenvalue weighted by atomic mass is 35.5. The molecule has 2 aromatic heterocycles. The van der Waals surface area contributed by atoms with Crippen LogP contribution in [0.1, 0.15) is 32.1 Å². The highest BCUT2D eigenvalue weighted by molar-refractivity contribution is 6.30. The van der Waals surface area contributed by atoms with Crippen LogP contribution >= 0.6 is 11.6 Å². The van der Waals surface area contributed by atoms with Crippen LogP contribution in [0.5, 0.6) is 0 Å². The van der Waals surface area contributed by atoms with Gasteiger partial charge in [0, 0.05) is 12.2 Å². The van der Waals surface area contributed by atoms with Gasteiger partial charge in [0.25, 0.3) is 0 Å². The zero-order valence-electron chi connectivity index (χ0n) is 10.3. The number of aromatic nitrogens is 3. The van der Waals surface area contributed by atoms with Gasteiger partial charge >= 0.3 is 0 Å². The number of hydrogen-bond acceptors (Lipinski definition) is 5. The molecule has 0 saturated heterocycles. The smallest absolute Gasteiger partial charge is 0.231 e. The Labute approximate surface area is 110 Å². The molecule has 2 atom stereocenters. The van der Waals surface area contributed by atoms with E-state index in [2.05, 4.69) is 15.1 Å². The molecule has 0 aliphatic heterocycles. The van der Waals surface area contributed by atoms with Crippen molar-refractivity contribution in [3.05, 3.63) is 29.2 Å². The molecule has 2 unspecified atom stereocenters. The quantitative estimate of drug-likeness (QED) is 0.920. The molecule has 6 heteroatoms. The minimum atomic E-state index is -0.0264. The first-order valence-corrected chi connectivity index (χ1v) is 6.20. The summed E-state index contributed by atoms with van der Waals surface area (Å²) in [4.78, 5) is 8.48. The van der Waals surface area contributed by atoms with Crippen LogP contribution in [-0.4, -0.2) is 21.2 Å². The summed E-state index contributed by atoms with van der Waals surface area (Å²) in [5.41, 5.74) is 6.52. The van der Waals surface area contributed by atoms with Gasteiger partial charge in [-0.05, 0) is 25.5 Å². The monoisotopic (exact) mass is 266 g/mol. The lowest BCUT2D eigenvalue weighted by Gasteiger charge is -2.13. The maximum atomic E-state index is 5.89. The standard InChI is InChI=1S/C12H15ClN4O/c1-3-9(7(2)14)12-16-11(17-18-12)10-5-4-8(13)6-15-10/h4-7,9H,3,14H2,1-2H3. The lowest BCUT2D eigenvalue weighted by Crippen LogP contribution is -2.24. The maximum Gasteiger partial charge on any atom is 0.231 e. The molecule has 96 valence electrons. The summed E-state index contributed by atoms with van der Waals surface area (Å²) in [6.45, 7) is 3.97. The summed E-state index contributed by atoms with van der Waals surface area (Å²) in [5.74, 6) is 1.08. The molecule has 0 spiro atoms. The Morgan fingerprint density at radius 1 is 1.44 bits per heavy atom. The third-order valence-corrected chi connectivity index (χ3v) is 3.01. The van der Waals surface area contributed by atoms with Crippen LogP contribution in [-0.2, 0) is 0 Å². The second kappa shape index (κ2) is 5.46. The first kappa shape index (κ1) is 13.0. The molecular weight excluding hydrogens is 252 g/mol. The lowest BCUT2D eigenvalue weighted by molar-refractivity contribution is 0.334. The predicted molar refractivity (Wildman–Crippen MR) is 69.2 cm³/mol. The van der Waals surface area contributed by atoms with Crippen molar-refractivity contribution in [2.24, 2.45) is 5.73 Å². The topological polar surface area (TPSA) is 77.8 Å². The predicted octanol–water partition coefficient (Wildman–Crippen LogP) is 2.63. The van der Waals surface area contributed by atoms with E-state index in [1.807, 2.05) is 13.8 Å². The van der Waals surface area contributed by atoms with Crippen molar-refractivity contribution in [2.75, 3.05) is 0 Å². The SMILES string of the molecule is CCC(c1nc(-c2ccc(Cl)cn2)no1)C(C)N. The molecule has 0 saturated carbocycles. The van der Waals surface area contributed by atoms with E-state index in [0.717, 1.165) is 6.42 Å². The van der Waals surface area contributed by atoms with Crippen molar-refractivity contribution in [3.63, 3.8) is 0 Å². The molecule has 0 aliphatic carbocycles. The number of pyridine rings is 1. The third-order valence-electron chi connectivity index (χ3n) is 2.79. The van der Waals surface area contributed by atoms with Crippen molar-refractivity contribution < 1.29 is 4.52 Å². The first-order valence-electron chi connectivity index (χ1n) is 5.83. The van der Waals surface area contributed by atoms with Gasteiger partial charge in [-0.2, -0.15) is 4.98 Å². The van der Waals surface area contributed by atoms with Crippen LogP contribution in [0.15, 0.2) is 22.9 Å². The average Bonchev–Trinajstić information content (AvgIpc) is 2.80. The summed E-state index contributed by atoms with van der Waals surface area (Å²) in [7, 11) is 0. The summed E-state index contributed by atoms with van der Waals surface area (Å²) in [6, 6.07) is 3.47. The van der Waals surface area contributed by atoms with Crippen molar-refractivity contribution in [1.82, 2.24) is 15.1 Å². The number of nitrogens with two attached hydrogens (primary N) is 1. The molecular formula is C12H15ClN4O. The van der Waals surface area contributed by atoms with Crippen LogP contribution in [0, 0.1) is 0 Å². The van der Waals surface area contributed by atoms with Crippen LogP contribution < -0.4 is 5.73 Å². The van der Waals surface area contributed by atoms with E-state index in [1.165, 1.54) is 0 Å². The largest absolute Gasteiger partial charge is 0.339 e. The van der Waals surface area contributed by atoms with Gasteiger partial charge in [-0.25, -0.2) is 0 Å². The number of halogens is 1. The zero-order valence-corrected chi connectivity index (χ0v) is 11.1. The molecule has 0 fully saturated rings. The fraction of sp³-hybridized carbons (Fsp3) is 0.417. The van der Waals surface area contributed by atoms with Crippen molar-refractivity contribution in [1.29, 1.82) is 0 Å². The van der Waals surface area contributed by atoms with Gasteiger partial charge in [0.15, 0.2) is 0 Å². The van der Waals surface area contributed by atoms with Crippen molar-refractivity contribution in [3.8, 4) is 11.5 Å². The molecule has 0 aromatic carbocycles. The molecule has 18 heavy (non-hydrogen) atoms. The van der Waals surface area contributed by atoms with Gasteiger partial charge in [0.05, 0.1) is 10.9 Å². The van der Waals surface area contributed by atoms with Crippen LogP contribution in [0.4, 0.5) is 0 Å². The number of rotatable bonds is 4. The van der Waals surface area contributed by atoms with E-state index >= 15 is 0 Å². The molecule has 2 heterocycles. The van der Waals surface area contributed by atoms with Crippen molar-refractivity contribution >= 4 is 11.6 Å². The summed E-state index contributed by atoms with van der Waals surface area (Å²) >= 11 is 5.78. The highest BCUT2D eigenvalue weighted by Crippen LogP contribution is 2.23. The molecule has 0 bridgehead atoms. The Bertz CT molecular complexity index is 509. The Kier molecular flexibility index (Phi) is 3.93. The van der Waals surface area contributed by atoms with E-state index in [0.29, 0.717) is 22.4 Å². The number of nitrogens with zero attached hydrogens (tertiary/aromatic N) is 3. The molecule has 0 radical (unpaired) electrons. The van der Waals surface area contributed by atoms with Gasteiger partial charge in [0.2, 0.25) is 11.7 Å². The molecule has 2 aromatic rings.